The first-order valence-corrected chi connectivity index (χ1v) is 10.8. The lowest BCUT2D eigenvalue weighted by molar-refractivity contribution is -0.274. The van der Waals surface area contributed by atoms with Crippen molar-refractivity contribution in [1.82, 2.24) is 9.80 Å². The molecule has 1 spiro atoms. The summed E-state index contributed by atoms with van der Waals surface area (Å²) in [6, 6.07) is 5.39. The highest BCUT2D eigenvalue weighted by molar-refractivity contribution is 6.00. The van der Waals surface area contributed by atoms with Gasteiger partial charge in [0.1, 0.15) is 5.75 Å². The maximum absolute atomic E-state index is 13.2. The van der Waals surface area contributed by atoms with E-state index in [1.165, 1.54) is 24.3 Å². The van der Waals surface area contributed by atoms with Crippen LogP contribution in [0.5, 0.6) is 5.75 Å². The van der Waals surface area contributed by atoms with E-state index in [9.17, 15) is 22.8 Å². The number of likely N-dealkylation sites (tertiary alicyclic amines) is 1. The molecule has 0 N–H and O–H groups in total. The molecule has 1 aromatic rings. The van der Waals surface area contributed by atoms with Crippen LogP contribution in [0.15, 0.2) is 24.3 Å². The van der Waals surface area contributed by atoms with Gasteiger partial charge in [-0.25, -0.2) is 4.79 Å². The van der Waals surface area contributed by atoms with Crippen LogP contribution >= 0.6 is 0 Å². The molecule has 2 heterocycles. The topological polar surface area (TPSA) is 53.1 Å². The highest BCUT2D eigenvalue weighted by Crippen LogP contribution is 2.43. The molecule has 0 unspecified atom stereocenters. The summed E-state index contributed by atoms with van der Waals surface area (Å²) >= 11 is 0. The van der Waals surface area contributed by atoms with Crippen molar-refractivity contribution in [1.29, 1.82) is 0 Å². The van der Waals surface area contributed by atoms with Crippen LogP contribution in [0.4, 0.5) is 23.7 Å². The van der Waals surface area contributed by atoms with E-state index in [4.69, 9.17) is 0 Å². The molecular weight excluding hydrogens is 411 g/mol. The number of urea groups is 1. The third-order valence-electron chi connectivity index (χ3n) is 6.31. The SMILES string of the molecule is CCCCCN(C)C(=O)N1CCC2(CC1)CCN(c1ccc(OC(F)(F)F)cc1)C2=O. The first kappa shape index (κ1) is 23.2. The number of alkyl halides is 3. The molecule has 0 atom stereocenters. The van der Waals surface area contributed by atoms with Crippen molar-refractivity contribution in [3.05, 3.63) is 24.3 Å². The minimum absolute atomic E-state index is 0.00788. The fraction of sp³-hybridized carbons (Fsp3) is 0.636. The molecule has 2 aliphatic heterocycles. The van der Waals surface area contributed by atoms with Gasteiger partial charge in [0.2, 0.25) is 5.91 Å². The largest absolute Gasteiger partial charge is 0.573 e. The van der Waals surface area contributed by atoms with Gasteiger partial charge in [-0.15, -0.1) is 13.2 Å². The Kier molecular flexibility index (Phi) is 7.01. The Bertz CT molecular complexity index is 774. The van der Waals surface area contributed by atoms with E-state index in [1.54, 1.807) is 9.80 Å². The van der Waals surface area contributed by atoms with Crippen LogP contribution in [-0.2, 0) is 4.79 Å². The second-order valence-corrected chi connectivity index (χ2v) is 8.43. The van der Waals surface area contributed by atoms with Crippen molar-refractivity contribution in [2.45, 2.75) is 51.8 Å². The van der Waals surface area contributed by atoms with E-state index >= 15 is 0 Å². The lowest BCUT2D eigenvalue weighted by Gasteiger charge is -2.39. The van der Waals surface area contributed by atoms with E-state index in [-0.39, 0.29) is 17.7 Å². The van der Waals surface area contributed by atoms with Crippen molar-refractivity contribution in [2.75, 3.05) is 38.1 Å². The zero-order valence-corrected chi connectivity index (χ0v) is 18.1. The summed E-state index contributed by atoms with van der Waals surface area (Å²) in [6.07, 6.45) is 0.319. The molecule has 0 bridgehead atoms. The molecule has 0 saturated carbocycles. The standard InChI is InChI=1S/C22H30F3N3O3/c1-3-4-5-13-26(2)20(30)27-14-10-21(11-15-27)12-16-28(19(21)29)17-6-8-18(9-7-17)31-22(23,24)25/h6-9H,3-5,10-16H2,1-2H3. The smallest absolute Gasteiger partial charge is 0.406 e. The zero-order valence-electron chi connectivity index (χ0n) is 18.1. The third kappa shape index (κ3) is 5.43. The van der Waals surface area contributed by atoms with Crippen molar-refractivity contribution in [3.8, 4) is 5.75 Å². The van der Waals surface area contributed by atoms with Crippen molar-refractivity contribution < 1.29 is 27.5 Å². The number of halogens is 3. The Labute approximate surface area is 180 Å². The lowest BCUT2D eigenvalue weighted by atomic mass is 9.77. The van der Waals surface area contributed by atoms with Crippen molar-refractivity contribution >= 4 is 17.6 Å². The Hall–Kier alpha value is -2.45. The molecule has 2 fully saturated rings. The van der Waals surface area contributed by atoms with Gasteiger partial charge in [-0.3, -0.25) is 4.79 Å². The summed E-state index contributed by atoms with van der Waals surface area (Å²) < 4.78 is 40.9. The van der Waals surface area contributed by atoms with Gasteiger partial charge in [-0.05, 0) is 49.9 Å². The number of benzene rings is 1. The van der Waals surface area contributed by atoms with Gasteiger partial charge in [0.05, 0.1) is 5.41 Å². The third-order valence-corrected chi connectivity index (χ3v) is 6.31. The predicted molar refractivity (Wildman–Crippen MR) is 111 cm³/mol. The van der Waals surface area contributed by atoms with Gasteiger partial charge in [0.15, 0.2) is 0 Å². The van der Waals surface area contributed by atoms with Crippen molar-refractivity contribution in [2.24, 2.45) is 5.41 Å². The monoisotopic (exact) mass is 441 g/mol. The van der Waals surface area contributed by atoms with Crippen LogP contribution < -0.4 is 9.64 Å². The van der Waals surface area contributed by atoms with Gasteiger partial charge in [0, 0.05) is 38.9 Å². The number of hydrogen-bond acceptors (Lipinski definition) is 3. The average molecular weight is 441 g/mol. The molecule has 31 heavy (non-hydrogen) atoms. The molecule has 9 heteroatoms. The van der Waals surface area contributed by atoms with E-state index in [0.29, 0.717) is 44.6 Å². The summed E-state index contributed by atoms with van der Waals surface area (Å²) in [5, 5.41) is 0. The Morgan fingerprint density at radius 1 is 1.10 bits per heavy atom. The predicted octanol–water partition coefficient (Wildman–Crippen LogP) is 4.65. The number of ether oxygens (including phenoxy) is 1. The molecular formula is C22H30F3N3O3. The van der Waals surface area contributed by atoms with E-state index in [2.05, 4.69) is 11.7 Å². The van der Waals surface area contributed by atoms with Gasteiger partial charge in [0.25, 0.3) is 0 Å². The molecule has 2 saturated heterocycles. The second kappa shape index (κ2) is 9.36. The van der Waals surface area contributed by atoms with Crippen LogP contribution in [0.25, 0.3) is 0 Å². The minimum Gasteiger partial charge on any atom is -0.406 e. The summed E-state index contributed by atoms with van der Waals surface area (Å²) in [6.45, 7) is 4.44. The first-order valence-electron chi connectivity index (χ1n) is 10.8. The van der Waals surface area contributed by atoms with E-state index in [1.807, 2.05) is 11.9 Å². The highest BCUT2D eigenvalue weighted by Gasteiger charge is 2.49. The number of nitrogens with zero attached hydrogens (tertiary/aromatic N) is 3. The molecule has 1 aromatic carbocycles. The van der Waals surface area contributed by atoms with Crippen molar-refractivity contribution in [3.63, 3.8) is 0 Å². The number of anilines is 1. The maximum atomic E-state index is 13.2. The molecule has 0 aromatic heterocycles. The van der Waals surface area contributed by atoms with Crippen LogP contribution in [0.1, 0.15) is 45.4 Å². The summed E-state index contributed by atoms with van der Waals surface area (Å²) in [4.78, 5) is 31.0. The Morgan fingerprint density at radius 3 is 2.29 bits per heavy atom. The Balaban J connectivity index is 1.57. The summed E-state index contributed by atoms with van der Waals surface area (Å²) in [5.74, 6) is -0.326. The van der Waals surface area contributed by atoms with Crippen LogP contribution in [-0.4, -0.2) is 61.3 Å². The molecule has 3 rings (SSSR count). The minimum atomic E-state index is -4.75. The highest BCUT2D eigenvalue weighted by atomic mass is 19.4. The van der Waals surface area contributed by atoms with Crippen LogP contribution in [0, 0.1) is 5.41 Å². The van der Waals surface area contributed by atoms with E-state index < -0.39 is 11.8 Å². The molecule has 6 nitrogen and oxygen atoms in total. The van der Waals surface area contributed by atoms with Gasteiger partial charge < -0.3 is 19.4 Å². The number of carbonyl (C=O) groups is 2. The molecule has 0 aliphatic carbocycles. The average Bonchev–Trinajstić information content (AvgIpc) is 3.03. The fourth-order valence-corrected chi connectivity index (χ4v) is 4.42. The molecule has 172 valence electrons. The second-order valence-electron chi connectivity index (χ2n) is 8.43. The lowest BCUT2D eigenvalue weighted by Crippen LogP contribution is -2.50. The number of carbonyl (C=O) groups excluding carboxylic acids is 2. The maximum Gasteiger partial charge on any atom is 0.573 e. The number of amides is 3. The molecule has 0 radical (unpaired) electrons. The number of unbranched alkanes of at least 4 members (excludes halogenated alkanes) is 2. The van der Waals surface area contributed by atoms with Crippen LogP contribution in [0.2, 0.25) is 0 Å². The number of piperidine rings is 1. The molecule has 2 aliphatic rings. The normalized spacial score (nSPS) is 18.5. The number of rotatable bonds is 6. The first-order chi connectivity index (χ1) is 14.6. The molecule has 3 amide bonds. The quantitative estimate of drug-likeness (QED) is 0.604. The number of hydrogen-bond donors (Lipinski definition) is 0. The van der Waals surface area contributed by atoms with Gasteiger partial charge in [-0.1, -0.05) is 19.8 Å². The van der Waals surface area contributed by atoms with Crippen LogP contribution in [0.3, 0.4) is 0 Å². The zero-order chi connectivity index (χ0) is 22.6. The van der Waals surface area contributed by atoms with Gasteiger partial charge >= 0.3 is 12.4 Å². The Morgan fingerprint density at radius 2 is 1.71 bits per heavy atom. The van der Waals surface area contributed by atoms with E-state index in [0.717, 1.165) is 25.8 Å². The fourth-order valence-electron chi connectivity index (χ4n) is 4.42. The summed E-state index contributed by atoms with van der Waals surface area (Å²) in [7, 11) is 1.82. The summed E-state index contributed by atoms with van der Waals surface area (Å²) in [5.41, 5.74) is 0.0594. The van der Waals surface area contributed by atoms with Gasteiger partial charge in [-0.2, -0.15) is 0 Å².